The number of carbonyl (C=O) groups is 1. The van der Waals surface area contributed by atoms with Crippen molar-refractivity contribution in [3.05, 3.63) is 71.4 Å². The zero-order valence-electron chi connectivity index (χ0n) is 19.0. The summed E-state index contributed by atoms with van der Waals surface area (Å²) >= 11 is 0. The van der Waals surface area contributed by atoms with Gasteiger partial charge in [0.25, 0.3) is 5.91 Å². The van der Waals surface area contributed by atoms with Crippen molar-refractivity contribution in [1.29, 1.82) is 0 Å². The van der Waals surface area contributed by atoms with Crippen LogP contribution in [0.25, 0.3) is 0 Å². The van der Waals surface area contributed by atoms with Gasteiger partial charge in [0.15, 0.2) is 23.3 Å². The van der Waals surface area contributed by atoms with Crippen LogP contribution < -0.4 is 27.0 Å². The summed E-state index contributed by atoms with van der Waals surface area (Å²) in [5.74, 6) is -2.13. The van der Waals surface area contributed by atoms with E-state index >= 15 is 0 Å². The predicted molar refractivity (Wildman–Crippen MR) is 130 cm³/mol. The Morgan fingerprint density at radius 2 is 1.86 bits per heavy atom. The molecule has 11 heteroatoms. The Labute approximate surface area is 201 Å². The van der Waals surface area contributed by atoms with E-state index in [1.165, 1.54) is 12.3 Å². The summed E-state index contributed by atoms with van der Waals surface area (Å²) in [6, 6.07) is 11.5. The van der Waals surface area contributed by atoms with Gasteiger partial charge in [-0.2, -0.15) is 0 Å². The largest absolute Gasteiger partial charge is 0.378 e. The molecular formula is C24H27F2N7O2. The van der Waals surface area contributed by atoms with Crippen molar-refractivity contribution < 1.29 is 18.3 Å². The summed E-state index contributed by atoms with van der Waals surface area (Å²) < 4.78 is 34.9. The molecule has 3 aromatic rings. The topological polar surface area (TPSA) is 131 Å². The highest BCUT2D eigenvalue weighted by Gasteiger charge is 2.20. The first-order valence-electron chi connectivity index (χ1n) is 11.2. The number of halogens is 2. The molecular weight excluding hydrogens is 456 g/mol. The van der Waals surface area contributed by atoms with Gasteiger partial charge in [-0.15, -0.1) is 0 Å². The number of carbonyl (C=O) groups excluding carboxylic acids is 1. The van der Waals surface area contributed by atoms with E-state index in [9.17, 15) is 13.6 Å². The summed E-state index contributed by atoms with van der Waals surface area (Å²) in [6.07, 6.45) is 1.95. The molecule has 2 aromatic heterocycles. The summed E-state index contributed by atoms with van der Waals surface area (Å²) in [4.78, 5) is 22.2. The van der Waals surface area contributed by atoms with Crippen LogP contribution in [-0.2, 0) is 11.2 Å². The summed E-state index contributed by atoms with van der Waals surface area (Å²) in [5, 5.41) is 5.83. The van der Waals surface area contributed by atoms with E-state index in [0.29, 0.717) is 32.7 Å². The van der Waals surface area contributed by atoms with Crippen LogP contribution in [0.15, 0.2) is 48.7 Å². The molecule has 1 aliphatic rings. The van der Waals surface area contributed by atoms with Crippen molar-refractivity contribution in [2.24, 2.45) is 11.5 Å². The van der Waals surface area contributed by atoms with Crippen LogP contribution in [0.2, 0.25) is 0 Å². The minimum absolute atomic E-state index is 0.0304. The van der Waals surface area contributed by atoms with Crippen molar-refractivity contribution in [2.45, 2.75) is 12.5 Å². The third kappa shape index (κ3) is 6.00. The summed E-state index contributed by atoms with van der Waals surface area (Å²) in [6.45, 7) is 2.26. The van der Waals surface area contributed by atoms with Crippen molar-refractivity contribution in [3.63, 3.8) is 0 Å². The second-order valence-corrected chi connectivity index (χ2v) is 8.10. The average Bonchev–Trinajstić information content (AvgIpc) is 2.86. The number of nitrogens with zero attached hydrogens (tertiary/aromatic N) is 3. The van der Waals surface area contributed by atoms with Crippen molar-refractivity contribution in [2.75, 3.05) is 48.4 Å². The molecule has 1 amide bonds. The lowest BCUT2D eigenvalue weighted by Crippen LogP contribution is -2.37. The molecule has 6 N–H and O–H groups in total. The molecule has 0 spiro atoms. The summed E-state index contributed by atoms with van der Waals surface area (Å²) in [5.41, 5.74) is 12.4. The zero-order valence-corrected chi connectivity index (χ0v) is 19.0. The normalized spacial score (nSPS) is 14.4. The van der Waals surface area contributed by atoms with Crippen LogP contribution in [0.1, 0.15) is 15.9 Å². The van der Waals surface area contributed by atoms with Crippen LogP contribution in [-0.4, -0.2) is 54.8 Å². The quantitative estimate of drug-likeness (QED) is 0.365. The van der Waals surface area contributed by atoms with Crippen LogP contribution in [0.3, 0.4) is 0 Å². The fourth-order valence-electron chi connectivity index (χ4n) is 3.80. The average molecular weight is 484 g/mol. The lowest BCUT2D eigenvalue weighted by molar-refractivity contribution is 0.100. The van der Waals surface area contributed by atoms with E-state index in [1.807, 2.05) is 30.3 Å². The molecule has 0 unspecified atom stereocenters. The zero-order chi connectivity index (χ0) is 24.8. The first-order chi connectivity index (χ1) is 16.9. The number of nitrogens with two attached hydrogens (primary N) is 2. The number of morpholine rings is 1. The number of nitrogens with one attached hydrogen (secondary N) is 2. The van der Waals surface area contributed by atoms with E-state index in [0.717, 1.165) is 11.6 Å². The molecule has 35 heavy (non-hydrogen) atoms. The van der Waals surface area contributed by atoms with Crippen molar-refractivity contribution in [3.8, 4) is 0 Å². The molecule has 9 nitrogen and oxygen atoms in total. The van der Waals surface area contributed by atoms with Gasteiger partial charge in [-0.1, -0.05) is 30.3 Å². The molecule has 1 aliphatic heterocycles. The molecule has 4 rings (SSSR count). The Hall–Kier alpha value is -3.83. The number of pyridine rings is 2. The van der Waals surface area contributed by atoms with Crippen molar-refractivity contribution in [1.82, 2.24) is 9.97 Å². The highest BCUT2D eigenvalue weighted by atomic mass is 19.1. The van der Waals surface area contributed by atoms with Gasteiger partial charge >= 0.3 is 0 Å². The number of benzene rings is 1. The van der Waals surface area contributed by atoms with Gasteiger partial charge in [-0.25, -0.2) is 18.7 Å². The SMILES string of the molecule is NC[C@@H](Cc1ccccc1)Nc1nc(Nc2cnc(N3CCOCC3)c(F)c2)c(C(N)=O)cc1F. The smallest absolute Gasteiger partial charge is 0.252 e. The van der Waals surface area contributed by atoms with Gasteiger partial charge < -0.3 is 31.7 Å². The molecule has 1 fully saturated rings. The van der Waals surface area contributed by atoms with E-state index in [2.05, 4.69) is 20.6 Å². The predicted octanol–water partition coefficient (Wildman–Crippen LogP) is 2.42. The number of aromatic nitrogens is 2. The van der Waals surface area contributed by atoms with Gasteiger partial charge in [-0.05, 0) is 18.1 Å². The van der Waals surface area contributed by atoms with Crippen LogP contribution in [0.5, 0.6) is 0 Å². The maximum absolute atomic E-state index is 14.8. The minimum atomic E-state index is -0.886. The second-order valence-electron chi connectivity index (χ2n) is 8.10. The number of primary amides is 1. The summed E-state index contributed by atoms with van der Waals surface area (Å²) in [7, 11) is 0. The minimum Gasteiger partial charge on any atom is -0.378 e. The van der Waals surface area contributed by atoms with E-state index in [1.54, 1.807) is 4.90 Å². The molecule has 184 valence electrons. The molecule has 1 atom stereocenters. The molecule has 0 radical (unpaired) electrons. The number of anilines is 4. The molecule has 1 saturated heterocycles. The van der Waals surface area contributed by atoms with Gasteiger partial charge in [0.1, 0.15) is 5.82 Å². The standard InChI is InChI=1S/C24H27F2N7O2/c25-19-12-18(21(28)34)22(32-23(19)30-16(13-27)10-15-4-2-1-3-5-15)31-17-11-20(26)24(29-14-17)33-6-8-35-9-7-33/h1-5,11-12,14,16H,6-10,13,27H2,(H2,28,34)(H2,30,31,32)/t16-/m1/s1. The molecule has 0 bridgehead atoms. The molecule has 1 aromatic carbocycles. The fraction of sp³-hybridized carbons (Fsp3) is 0.292. The molecule has 0 saturated carbocycles. The highest BCUT2D eigenvalue weighted by molar-refractivity contribution is 5.98. The Kier molecular flexibility index (Phi) is 7.68. The number of amides is 1. The fourth-order valence-corrected chi connectivity index (χ4v) is 3.80. The van der Waals surface area contributed by atoms with E-state index in [4.69, 9.17) is 16.2 Å². The first-order valence-corrected chi connectivity index (χ1v) is 11.2. The molecule has 0 aliphatic carbocycles. The van der Waals surface area contributed by atoms with Gasteiger partial charge in [0.05, 0.1) is 30.7 Å². The number of ether oxygens (including phenoxy) is 1. The maximum Gasteiger partial charge on any atom is 0.252 e. The third-order valence-corrected chi connectivity index (χ3v) is 5.59. The highest BCUT2D eigenvalue weighted by Crippen LogP contribution is 2.26. The van der Waals surface area contributed by atoms with Crippen LogP contribution in [0, 0.1) is 11.6 Å². The van der Waals surface area contributed by atoms with Gasteiger partial charge in [0, 0.05) is 31.7 Å². The lowest BCUT2D eigenvalue weighted by atomic mass is 10.1. The number of hydrogen-bond acceptors (Lipinski definition) is 8. The Balaban J connectivity index is 1.57. The van der Waals surface area contributed by atoms with Crippen LogP contribution in [0.4, 0.5) is 31.9 Å². The maximum atomic E-state index is 14.8. The number of hydrogen-bond donors (Lipinski definition) is 4. The second kappa shape index (κ2) is 11.1. The first kappa shape index (κ1) is 24.3. The molecule has 3 heterocycles. The van der Waals surface area contributed by atoms with E-state index < -0.39 is 17.5 Å². The van der Waals surface area contributed by atoms with Crippen molar-refractivity contribution >= 4 is 29.0 Å². The van der Waals surface area contributed by atoms with Gasteiger partial charge in [0.2, 0.25) is 0 Å². The van der Waals surface area contributed by atoms with Crippen LogP contribution >= 0.6 is 0 Å². The Morgan fingerprint density at radius 1 is 1.11 bits per heavy atom. The number of rotatable bonds is 9. The van der Waals surface area contributed by atoms with Gasteiger partial charge in [-0.3, -0.25) is 4.79 Å². The Bertz CT molecular complexity index is 1170. The monoisotopic (exact) mass is 483 g/mol. The lowest BCUT2D eigenvalue weighted by Gasteiger charge is -2.28. The van der Waals surface area contributed by atoms with E-state index in [-0.39, 0.29) is 41.3 Å². The third-order valence-electron chi connectivity index (χ3n) is 5.59. The Morgan fingerprint density at radius 3 is 2.51 bits per heavy atom.